The maximum Gasteiger partial charge on any atom is 0.320 e. The van der Waals surface area contributed by atoms with E-state index in [0.29, 0.717) is 6.54 Å². The lowest BCUT2D eigenvalue weighted by atomic mass is 10.2. The molecular weight excluding hydrogens is 282 g/mol. The van der Waals surface area contributed by atoms with Gasteiger partial charge in [0.2, 0.25) is 0 Å². The number of thiophene rings is 1. The molecule has 1 heterocycles. The van der Waals surface area contributed by atoms with E-state index in [9.17, 15) is 9.90 Å². The van der Waals surface area contributed by atoms with Crippen molar-refractivity contribution in [3.63, 3.8) is 0 Å². The Bertz CT molecular complexity index is 621. The molecule has 0 radical (unpaired) electrons. The van der Waals surface area contributed by atoms with Crippen LogP contribution in [0.25, 0.3) is 10.1 Å². The highest BCUT2D eigenvalue weighted by Gasteiger charge is 2.35. The first-order valence-electron chi connectivity index (χ1n) is 6.29. The second-order valence-corrected chi connectivity index (χ2v) is 6.38. The van der Waals surface area contributed by atoms with Crippen molar-refractivity contribution >= 4 is 39.0 Å². The summed E-state index contributed by atoms with van der Waals surface area (Å²) in [5.41, 5.74) is 0. The highest BCUT2D eigenvalue weighted by atomic mass is 35.5. The van der Waals surface area contributed by atoms with Crippen LogP contribution < -0.4 is 5.32 Å². The van der Waals surface area contributed by atoms with Gasteiger partial charge in [-0.15, -0.1) is 11.3 Å². The Labute approximate surface area is 120 Å². The smallest absolute Gasteiger partial charge is 0.320 e. The molecule has 1 atom stereocenters. The highest BCUT2D eigenvalue weighted by molar-refractivity contribution is 7.19. The Kier molecular flexibility index (Phi) is 3.48. The van der Waals surface area contributed by atoms with Gasteiger partial charge in [0.05, 0.1) is 5.02 Å². The minimum atomic E-state index is -0.764. The van der Waals surface area contributed by atoms with E-state index in [1.54, 1.807) is 11.3 Å². The summed E-state index contributed by atoms with van der Waals surface area (Å²) in [6.45, 7) is 0.519. The standard InChI is InChI=1S/C14H14ClNO2S/c15-12-9-3-1-2-4-10(9)19-11(12)7-16-13(14(17)18)8-5-6-8/h1-4,8,13,16H,5-7H2,(H,17,18). The minimum absolute atomic E-state index is 0.283. The van der Waals surface area contributed by atoms with Crippen molar-refractivity contribution < 1.29 is 9.90 Å². The van der Waals surface area contributed by atoms with Crippen LogP contribution in [0.3, 0.4) is 0 Å². The third kappa shape index (κ3) is 2.61. The Morgan fingerprint density at radius 1 is 1.47 bits per heavy atom. The predicted octanol–water partition coefficient (Wildman–Crippen LogP) is 3.51. The van der Waals surface area contributed by atoms with Crippen LogP contribution in [0.4, 0.5) is 0 Å². The summed E-state index contributed by atoms with van der Waals surface area (Å²) in [5.74, 6) is -0.481. The maximum absolute atomic E-state index is 11.2. The van der Waals surface area contributed by atoms with Crippen LogP contribution in [0.2, 0.25) is 5.02 Å². The van der Waals surface area contributed by atoms with Gasteiger partial charge in [-0.25, -0.2) is 0 Å². The average molecular weight is 296 g/mol. The molecule has 0 amide bonds. The van der Waals surface area contributed by atoms with Crippen LogP contribution >= 0.6 is 22.9 Å². The molecule has 1 aliphatic carbocycles. The van der Waals surface area contributed by atoms with E-state index in [0.717, 1.165) is 32.8 Å². The second kappa shape index (κ2) is 5.12. The zero-order chi connectivity index (χ0) is 13.4. The molecule has 1 aromatic carbocycles. The Balaban J connectivity index is 1.77. The van der Waals surface area contributed by atoms with Crippen molar-refractivity contribution in [1.29, 1.82) is 0 Å². The Morgan fingerprint density at radius 3 is 2.84 bits per heavy atom. The highest BCUT2D eigenvalue weighted by Crippen LogP contribution is 2.36. The van der Waals surface area contributed by atoms with E-state index >= 15 is 0 Å². The van der Waals surface area contributed by atoms with Gasteiger partial charge in [0.25, 0.3) is 0 Å². The molecule has 1 aromatic heterocycles. The number of rotatable bonds is 5. The van der Waals surface area contributed by atoms with Crippen LogP contribution in [0.1, 0.15) is 17.7 Å². The van der Waals surface area contributed by atoms with Gasteiger partial charge >= 0.3 is 5.97 Å². The van der Waals surface area contributed by atoms with Crippen LogP contribution in [-0.4, -0.2) is 17.1 Å². The number of fused-ring (bicyclic) bond motifs is 1. The number of aliphatic carboxylic acids is 1. The van der Waals surface area contributed by atoms with E-state index in [1.165, 1.54) is 0 Å². The molecule has 1 saturated carbocycles. The molecule has 100 valence electrons. The molecule has 3 nitrogen and oxygen atoms in total. The molecular formula is C14H14ClNO2S. The molecule has 19 heavy (non-hydrogen) atoms. The molecule has 1 aliphatic rings. The fraction of sp³-hybridized carbons (Fsp3) is 0.357. The van der Waals surface area contributed by atoms with Crippen LogP contribution in [0.15, 0.2) is 24.3 Å². The summed E-state index contributed by atoms with van der Waals surface area (Å²) in [5, 5.41) is 14.1. The lowest BCUT2D eigenvalue weighted by Gasteiger charge is -2.12. The van der Waals surface area contributed by atoms with Crippen molar-refractivity contribution in [3.05, 3.63) is 34.2 Å². The number of hydrogen-bond acceptors (Lipinski definition) is 3. The van der Waals surface area contributed by atoms with Gasteiger partial charge in [0, 0.05) is 21.5 Å². The number of carbonyl (C=O) groups is 1. The van der Waals surface area contributed by atoms with E-state index < -0.39 is 12.0 Å². The molecule has 3 rings (SSSR count). The maximum atomic E-state index is 11.2. The van der Waals surface area contributed by atoms with Gasteiger partial charge in [-0.2, -0.15) is 0 Å². The van der Waals surface area contributed by atoms with Crippen molar-refractivity contribution in [2.24, 2.45) is 5.92 Å². The van der Waals surface area contributed by atoms with Crippen molar-refractivity contribution in [1.82, 2.24) is 5.32 Å². The van der Waals surface area contributed by atoms with Gasteiger partial charge < -0.3 is 5.11 Å². The molecule has 1 fully saturated rings. The normalized spacial score (nSPS) is 16.7. The first kappa shape index (κ1) is 12.9. The number of nitrogens with one attached hydrogen (secondary N) is 1. The van der Waals surface area contributed by atoms with E-state index in [2.05, 4.69) is 5.32 Å². The molecule has 0 aliphatic heterocycles. The van der Waals surface area contributed by atoms with Crippen molar-refractivity contribution in [2.45, 2.75) is 25.4 Å². The lowest BCUT2D eigenvalue weighted by Crippen LogP contribution is -2.37. The summed E-state index contributed by atoms with van der Waals surface area (Å²) >= 11 is 7.96. The summed E-state index contributed by atoms with van der Waals surface area (Å²) in [4.78, 5) is 12.2. The van der Waals surface area contributed by atoms with Gasteiger partial charge in [-0.3, -0.25) is 10.1 Å². The summed E-state index contributed by atoms with van der Waals surface area (Å²) in [7, 11) is 0. The van der Waals surface area contributed by atoms with E-state index in [4.69, 9.17) is 11.6 Å². The van der Waals surface area contributed by atoms with Crippen LogP contribution in [-0.2, 0) is 11.3 Å². The Hall–Kier alpha value is -1.10. The van der Waals surface area contributed by atoms with E-state index in [-0.39, 0.29) is 5.92 Å². The third-order valence-corrected chi connectivity index (χ3v) is 5.16. The lowest BCUT2D eigenvalue weighted by molar-refractivity contribution is -0.140. The predicted molar refractivity (Wildman–Crippen MR) is 77.8 cm³/mol. The third-order valence-electron chi connectivity index (χ3n) is 3.44. The van der Waals surface area contributed by atoms with Crippen molar-refractivity contribution in [3.8, 4) is 0 Å². The molecule has 2 aromatic rings. The fourth-order valence-electron chi connectivity index (χ4n) is 2.27. The van der Waals surface area contributed by atoms with Gasteiger partial charge in [0.1, 0.15) is 6.04 Å². The largest absolute Gasteiger partial charge is 0.480 e. The minimum Gasteiger partial charge on any atom is -0.480 e. The number of carboxylic acid groups (broad SMARTS) is 1. The van der Waals surface area contributed by atoms with Crippen LogP contribution in [0, 0.1) is 5.92 Å². The number of benzene rings is 1. The number of hydrogen-bond donors (Lipinski definition) is 2. The number of halogens is 1. The van der Waals surface area contributed by atoms with Gasteiger partial charge in [0.15, 0.2) is 0 Å². The Morgan fingerprint density at radius 2 is 2.21 bits per heavy atom. The molecule has 0 bridgehead atoms. The SMILES string of the molecule is O=C(O)C(NCc1sc2ccccc2c1Cl)C1CC1. The first-order valence-corrected chi connectivity index (χ1v) is 7.48. The molecule has 2 N–H and O–H groups in total. The summed E-state index contributed by atoms with van der Waals surface area (Å²) < 4.78 is 1.14. The van der Waals surface area contributed by atoms with E-state index in [1.807, 2.05) is 24.3 Å². The first-order chi connectivity index (χ1) is 9.16. The topological polar surface area (TPSA) is 49.3 Å². The number of carboxylic acids is 1. The summed E-state index contributed by atoms with van der Waals surface area (Å²) in [6.07, 6.45) is 2.01. The molecule has 1 unspecified atom stereocenters. The quantitative estimate of drug-likeness (QED) is 0.887. The second-order valence-electron chi connectivity index (χ2n) is 4.87. The van der Waals surface area contributed by atoms with Crippen molar-refractivity contribution in [2.75, 3.05) is 0 Å². The molecule has 0 spiro atoms. The van der Waals surface area contributed by atoms with Gasteiger partial charge in [-0.05, 0) is 24.8 Å². The summed E-state index contributed by atoms with van der Waals surface area (Å²) in [6, 6.07) is 7.53. The van der Waals surface area contributed by atoms with Gasteiger partial charge in [-0.1, -0.05) is 29.8 Å². The fourth-order valence-corrected chi connectivity index (χ4v) is 3.72. The zero-order valence-corrected chi connectivity index (χ0v) is 11.8. The molecule has 0 saturated heterocycles. The average Bonchev–Trinajstić information content (AvgIpc) is 3.17. The zero-order valence-electron chi connectivity index (χ0n) is 10.2. The monoisotopic (exact) mass is 295 g/mol. The molecule has 5 heteroatoms. The van der Waals surface area contributed by atoms with Crippen LogP contribution in [0.5, 0.6) is 0 Å².